The van der Waals surface area contributed by atoms with Crippen molar-refractivity contribution in [1.29, 1.82) is 0 Å². The Bertz CT molecular complexity index is 511. The smallest absolute Gasteiger partial charge is 0.347 e. The number of carbonyl (C=O) groups excluding carboxylic acids is 2. The van der Waals surface area contributed by atoms with Gasteiger partial charge in [0.25, 0.3) is 0 Å². The monoisotopic (exact) mass is 322 g/mol. The lowest BCUT2D eigenvalue weighted by Crippen LogP contribution is -2.59. The minimum absolute atomic E-state index is 0.171. The largest absolute Gasteiger partial charge is 0.458 e. The van der Waals surface area contributed by atoms with Crippen LogP contribution in [0, 0.1) is 11.3 Å². The second-order valence-corrected chi connectivity index (χ2v) is 6.75. The van der Waals surface area contributed by atoms with Gasteiger partial charge in [-0.15, -0.1) is 0 Å². The summed E-state index contributed by atoms with van der Waals surface area (Å²) in [6, 6.07) is 9.41. The molecule has 1 aromatic carbocycles. The first kappa shape index (κ1) is 19.2. The van der Waals surface area contributed by atoms with Crippen molar-refractivity contribution in [2.45, 2.75) is 46.8 Å². The van der Waals surface area contributed by atoms with Gasteiger partial charge in [-0.1, -0.05) is 44.2 Å². The van der Waals surface area contributed by atoms with Gasteiger partial charge < -0.3 is 15.2 Å². The molecule has 0 spiro atoms. The summed E-state index contributed by atoms with van der Waals surface area (Å²) >= 11 is 0. The molecule has 1 atom stereocenters. The molecule has 0 saturated carbocycles. The van der Waals surface area contributed by atoms with Crippen LogP contribution in [0.2, 0.25) is 0 Å². The number of quaternary nitrogens is 1. The molecule has 0 saturated heterocycles. The summed E-state index contributed by atoms with van der Waals surface area (Å²) in [6.07, 6.45) is -0.441. The molecule has 1 rings (SSSR count). The predicted octanol–water partition coefficient (Wildman–Crippen LogP) is 1.96. The van der Waals surface area contributed by atoms with Crippen molar-refractivity contribution in [3.05, 3.63) is 35.9 Å². The Balaban J connectivity index is 2.69. The second kappa shape index (κ2) is 8.67. The Morgan fingerprint density at radius 1 is 1.17 bits per heavy atom. The number of ether oxygens (including phenoxy) is 2. The molecule has 0 heterocycles. The summed E-state index contributed by atoms with van der Waals surface area (Å²) in [4.78, 5) is 24.5. The first-order chi connectivity index (χ1) is 10.8. The maximum absolute atomic E-state index is 12.3. The van der Waals surface area contributed by atoms with Crippen LogP contribution in [0.1, 0.15) is 39.7 Å². The van der Waals surface area contributed by atoms with E-state index >= 15 is 0 Å². The van der Waals surface area contributed by atoms with Crippen LogP contribution in [0.3, 0.4) is 0 Å². The highest BCUT2D eigenvalue weighted by atomic mass is 16.6. The van der Waals surface area contributed by atoms with Crippen LogP contribution in [0.15, 0.2) is 30.3 Å². The van der Waals surface area contributed by atoms with Crippen molar-refractivity contribution in [1.82, 2.24) is 0 Å². The highest BCUT2D eigenvalue weighted by Gasteiger charge is 2.35. The zero-order valence-electron chi connectivity index (χ0n) is 14.5. The van der Waals surface area contributed by atoms with E-state index in [1.807, 2.05) is 44.2 Å². The highest BCUT2D eigenvalue weighted by molar-refractivity contribution is 5.82. The van der Waals surface area contributed by atoms with Crippen molar-refractivity contribution >= 4 is 11.9 Å². The quantitative estimate of drug-likeness (QED) is 0.742. The van der Waals surface area contributed by atoms with E-state index in [2.05, 4.69) is 5.73 Å². The Morgan fingerprint density at radius 2 is 1.78 bits per heavy atom. The van der Waals surface area contributed by atoms with Gasteiger partial charge >= 0.3 is 11.9 Å². The number of benzene rings is 1. The molecular weight excluding hydrogens is 294 g/mol. The number of carbonyl (C=O) groups is 2. The van der Waals surface area contributed by atoms with Crippen LogP contribution in [0.25, 0.3) is 0 Å². The summed E-state index contributed by atoms with van der Waals surface area (Å²) in [5, 5.41) is 0. The SMILES string of the molecule is CC(C)C[C@H](OC(=O)C(C)(C)C[NH3+])C(=O)OCc1ccccc1. The Labute approximate surface area is 138 Å². The molecular formula is C18H28NO4+. The van der Waals surface area contributed by atoms with Crippen LogP contribution in [0.5, 0.6) is 0 Å². The Morgan fingerprint density at radius 3 is 2.30 bits per heavy atom. The molecule has 1 aromatic rings. The van der Waals surface area contributed by atoms with E-state index in [0.29, 0.717) is 13.0 Å². The van der Waals surface area contributed by atoms with Gasteiger partial charge in [0.2, 0.25) is 0 Å². The summed E-state index contributed by atoms with van der Waals surface area (Å²) in [7, 11) is 0. The third-order valence-corrected chi connectivity index (χ3v) is 3.60. The van der Waals surface area contributed by atoms with Gasteiger partial charge in [0.1, 0.15) is 12.0 Å². The molecule has 3 N–H and O–H groups in total. The average Bonchev–Trinajstić information content (AvgIpc) is 2.52. The molecule has 0 amide bonds. The normalized spacial score (nSPS) is 12.8. The third kappa shape index (κ3) is 6.40. The predicted molar refractivity (Wildman–Crippen MR) is 87.1 cm³/mol. The molecule has 0 unspecified atom stereocenters. The van der Waals surface area contributed by atoms with E-state index in [9.17, 15) is 9.59 Å². The lowest BCUT2D eigenvalue weighted by Gasteiger charge is -2.24. The van der Waals surface area contributed by atoms with Gasteiger partial charge in [-0.25, -0.2) is 4.79 Å². The number of hydrogen-bond acceptors (Lipinski definition) is 4. The van der Waals surface area contributed by atoms with Gasteiger partial charge in [-0.3, -0.25) is 4.79 Å². The molecule has 0 aliphatic heterocycles. The third-order valence-electron chi connectivity index (χ3n) is 3.60. The minimum atomic E-state index is -0.878. The van der Waals surface area contributed by atoms with Crippen molar-refractivity contribution in [2.24, 2.45) is 11.3 Å². The average molecular weight is 322 g/mol. The molecule has 5 nitrogen and oxygen atoms in total. The van der Waals surface area contributed by atoms with Crippen molar-refractivity contribution in [3.8, 4) is 0 Å². The van der Waals surface area contributed by atoms with Gasteiger partial charge in [-0.2, -0.15) is 0 Å². The Kier molecular flexibility index (Phi) is 7.23. The molecule has 0 aliphatic carbocycles. The lowest BCUT2D eigenvalue weighted by atomic mass is 9.94. The molecule has 0 bridgehead atoms. The first-order valence-corrected chi connectivity index (χ1v) is 7.97. The number of rotatable bonds is 8. The maximum Gasteiger partial charge on any atom is 0.347 e. The van der Waals surface area contributed by atoms with Gasteiger partial charge in [0.05, 0.1) is 6.54 Å². The standard InChI is InChI=1S/C18H27NO4/c1-13(2)10-15(23-17(21)18(3,4)12-19)16(20)22-11-14-8-6-5-7-9-14/h5-9,13,15H,10-12,19H2,1-4H3/p+1/t15-/m0/s1. The van der Waals surface area contributed by atoms with Gasteiger partial charge in [0, 0.05) is 0 Å². The number of esters is 2. The second-order valence-electron chi connectivity index (χ2n) is 6.75. The van der Waals surface area contributed by atoms with E-state index in [-0.39, 0.29) is 12.5 Å². The Hall–Kier alpha value is -1.88. The van der Waals surface area contributed by atoms with Crippen LogP contribution in [-0.4, -0.2) is 24.6 Å². The molecule has 128 valence electrons. The topological polar surface area (TPSA) is 80.2 Å². The molecule has 0 radical (unpaired) electrons. The minimum Gasteiger partial charge on any atom is -0.458 e. The van der Waals surface area contributed by atoms with E-state index in [4.69, 9.17) is 9.47 Å². The first-order valence-electron chi connectivity index (χ1n) is 7.97. The fourth-order valence-electron chi connectivity index (χ4n) is 1.83. The van der Waals surface area contributed by atoms with Crippen LogP contribution in [-0.2, 0) is 25.7 Å². The van der Waals surface area contributed by atoms with E-state index in [0.717, 1.165) is 5.56 Å². The van der Waals surface area contributed by atoms with Crippen molar-refractivity contribution in [3.63, 3.8) is 0 Å². The van der Waals surface area contributed by atoms with Crippen LogP contribution in [0.4, 0.5) is 0 Å². The summed E-state index contributed by atoms with van der Waals surface area (Å²) < 4.78 is 10.7. The summed E-state index contributed by atoms with van der Waals surface area (Å²) in [5.74, 6) is -0.717. The summed E-state index contributed by atoms with van der Waals surface area (Å²) in [6.45, 7) is 8.02. The highest BCUT2D eigenvalue weighted by Crippen LogP contribution is 2.19. The van der Waals surface area contributed by atoms with E-state index in [1.165, 1.54) is 0 Å². The van der Waals surface area contributed by atoms with E-state index in [1.54, 1.807) is 13.8 Å². The fraction of sp³-hybridized carbons (Fsp3) is 0.556. The molecule has 0 aromatic heterocycles. The van der Waals surface area contributed by atoms with Crippen LogP contribution < -0.4 is 5.73 Å². The lowest BCUT2D eigenvalue weighted by molar-refractivity contribution is -0.386. The van der Waals surface area contributed by atoms with Gasteiger partial charge in [0.15, 0.2) is 6.10 Å². The maximum atomic E-state index is 12.3. The molecule has 0 aliphatic rings. The summed E-state index contributed by atoms with van der Waals surface area (Å²) in [5.41, 5.74) is 3.93. The van der Waals surface area contributed by atoms with Gasteiger partial charge in [-0.05, 0) is 31.7 Å². The molecule has 5 heteroatoms. The van der Waals surface area contributed by atoms with Crippen molar-refractivity contribution in [2.75, 3.05) is 6.54 Å². The van der Waals surface area contributed by atoms with E-state index < -0.39 is 23.5 Å². The zero-order valence-corrected chi connectivity index (χ0v) is 14.5. The molecule has 0 fully saturated rings. The molecule has 23 heavy (non-hydrogen) atoms. The fourth-order valence-corrected chi connectivity index (χ4v) is 1.83. The van der Waals surface area contributed by atoms with Crippen LogP contribution >= 0.6 is 0 Å². The number of hydrogen-bond donors (Lipinski definition) is 1. The zero-order chi connectivity index (χ0) is 17.5. The van der Waals surface area contributed by atoms with Crippen molar-refractivity contribution < 1.29 is 24.8 Å².